The Labute approximate surface area is 150 Å². The molecule has 0 saturated heterocycles. The Bertz CT molecular complexity index is 527. The van der Waals surface area contributed by atoms with Gasteiger partial charge in [-0.05, 0) is 25.0 Å². The fourth-order valence-electron chi connectivity index (χ4n) is 2.95. The molecule has 6 nitrogen and oxygen atoms in total. The van der Waals surface area contributed by atoms with Crippen LogP contribution in [0.15, 0.2) is 35.3 Å². The highest BCUT2D eigenvalue weighted by atomic mass is 16.5. The second-order valence-corrected chi connectivity index (χ2v) is 6.21. The number of carbonyl (C=O) groups excluding carboxylic acids is 1. The van der Waals surface area contributed by atoms with Gasteiger partial charge < -0.3 is 20.7 Å². The fraction of sp³-hybridized carbons (Fsp3) is 0.579. The minimum absolute atomic E-state index is 0.195. The summed E-state index contributed by atoms with van der Waals surface area (Å²) in [5, 5.41) is 9.40. The van der Waals surface area contributed by atoms with E-state index in [1.165, 1.54) is 19.3 Å². The number of ether oxygens (including phenoxy) is 1. The number of nitrogens with one attached hydrogen (secondary N) is 3. The zero-order valence-electron chi connectivity index (χ0n) is 15.1. The Morgan fingerprint density at radius 1 is 1.04 bits per heavy atom. The molecule has 0 aliphatic heterocycles. The third-order valence-corrected chi connectivity index (χ3v) is 4.32. The number of amides is 1. The Morgan fingerprint density at radius 2 is 1.72 bits per heavy atom. The van der Waals surface area contributed by atoms with Crippen molar-refractivity contribution in [1.29, 1.82) is 0 Å². The topological polar surface area (TPSA) is 74.8 Å². The molecule has 0 bridgehead atoms. The van der Waals surface area contributed by atoms with E-state index < -0.39 is 0 Å². The molecular formula is C19H30N4O2. The van der Waals surface area contributed by atoms with E-state index in [-0.39, 0.29) is 11.8 Å². The van der Waals surface area contributed by atoms with E-state index in [1.807, 2.05) is 30.3 Å². The Kier molecular flexibility index (Phi) is 8.66. The van der Waals surface area contributed by atoms with Gasteiger partial charge in [-0.2, -0.15) is 0 Å². The molecule has 1 aromatic carbocycles. The van der Waals surface area contributed by atoms with Crippen LogP contribution in [0.2, 0.25) is 0 Å². The normalized spacial score (nSPS) is 15.5. The molecule has 25 heavy (non-hydrogen) atoms. The first kappa shape index (κ1) is 19.1. The van der Waals surface area contributed by atoms with Crippen molar-refractivity contribution in [1.82, 2.24) is 16.0 Å². The highest BCUT2D eigenvalue weighted by Gasteiger charge is 2.20. The number of benzene rings is 1. The van der Waals surface area contributed by atoms with Gasteiger partial charge in [-0.15, -0.1) is 0 Å². The summed E-state index contributed by atoms with van der Waals surface area (Å²) in [6.07, 6.45) is 5.69. The van der Waals surface area contributed by atoms with Crippen LogP contribution in [0, 0.1) is 5.92 Å². The minimum Gasteiger partial charge on any atom is -0.492 e. The zero-order chi connectivity index (χ0) is 17.7. The summed E-state index contributed by atoms with van der Waals surface area (Å²) < 4.78 is 5.62. The molecule has 0 heterocycles. The monoisotopic (exact) mass is 346 g/mol. The molecule has 0 unspecified atom stereocenters. The first-order valence-corrected chi connectivity index (χ1v) is 9.19. The van der Waals surface area contributed by atoms with Crippen molar-refractivity contribution in [3.63, 3.8) is 0 Å². The molecular weight excluding hydrogens is 316 g/mol. The lowest BCUT2D eigenvalue weighted by Crippen LogP contribution is -2.43. The first-order valence-electron chi connectivity index (χ1n) is 9.19. The van der Waals surface area contributed by atoms with E-state index in [0.717, 1.165) is 18.6 Å². The average Bonchev–Trinajstić information content (AvgIpc) is 2.68. The molecule has 0 radical (unpaired) electrons. The number of carbonyl (C=O) groups is 1. The third-order valence-electron chi connectivity index (χ3n) is 4.32. The van der Waals surface area contributed by atoms with Crippen molar-refractivity contribution >= 4 is 11.9 Å². The second kappa shape index (κ2) is 11.3. The molecule has 3 N–H and O–H groups in total. The van der Waals surface area contributed by atoms with Gasteiger partial charge in [0, 0.05) is 26.1 Å². The van der Waals surface area contributed by atoms with Crippen LogP contribution in [-0.2, 0) is 4.79 Å². The molecule has 1 aliphatic rings. The van der Waals surface area contributed by atoms with Crippen molar-refractivity contribution in [3.8, 4) is 5.75 Å². The fourth-order valence-corrected chi connectivity index (χ4v) is 2.95. The van der Waals surface area contributed by atoms with Crippen LogP contribution in [0.3, 0.4) is 0 Å². The summed E-state index contributed by atoms with van der Waals surface area (Å²) in [4.78, 5) is 16.2. The summed E-state index contributed by atoms with van der Waals surface area (Å²) in [5.74, 6) is 1.98. The second-order valence-electron chi connectivity index (χ2n) is 6.21. The third kappa shape index (κ3) is 7.45. The van der Waals surface area contributed by atoms with Crippen LogP contribution in [0.4, 0.5) is 0 Å². The number of hydrogen-bond acceptors (Lipinski definition) is 3. The smallest absolute Gasteiger partial charge is 0.223 e. The molecule has 1 aliphatic carbocycles. The molecule has 1 aromatic rings. The van der Waals surface area contributed by atoms with Crippen LogP contribution in [0.1, 0.15) is 32.1 Å². The number of para-hydroxylation sites is 1. The average molecular weight is 346 g/mol. The molecule has 0 atom stereocenters. The molecule has 0 spiro atoms. The number of aliphatic imine (C=N–C) groups is 1. The van der Waals surface area contributed by atoms with Crippen LogP contribution in [0.25, 0.3) is 0 Å². The van der Waals surface area contributed by atoms with Crippen molar-refractivity contribution in [2.45, 2.75) is 32.1 Å². The Hall–Kier alpha value is -2.24. The first-order chi connectivity index (χ1) is 12.3. The summed E-state index contributed by atoms with van der Waals surface area (Å²) >= 11 is 0. The molecule has 1 amide bonds. The van der Waals surface area contributed by atoms with Gasteiger partial charge >= 0.3 is 0 Å². The van der Waals surface area contributed by atoms with Crippen molar-refractivity contribution in [3.05, 3.63) is 30.3 Å². The van der Waals surface area contributed by atoms with Crippen LogP contribution in [0.5, 0.6) is 5.75 Å². The van der Waals surface area contributed by atoms with E-state index in [2.05, 4.69) is 20.9 Å². The SMILES string of the molecule is CN=C(NCCNC(=O)C1CCCCC1)NCCOc1ccccc1. The molecule has 6 heteroatoms. The van der Waals surface area contributed by atoms with E-state index in [1.54, 1.807) is 7.05 Å². The summed E-state index contributed by atoms with van der Waals surface area (Å²) in [6, 6.07) is 9.73. The van der Waals surface area contributed by atoms with Gasteiger partial charge in [0.1, 0.15) is 12.4 Å². The van der Waals surface area contributed by atoms with E-state index in [0.29, 0.717) is 32.2 Å². The minimum atomic E-state index is 0.195. The molecule has 1 fully saturated rings. The maximum atomic E-state index is 12.1. The summed E-state index contributed by atoms with van der Waals surface area (Å²) in [5.41, 5.74) is 0. The lowest BCUT2D eigenvalue weighted by Gasteiger charge is -2.21. The Balaban J connectivity index is 1.53. The Morgan fingerprint density at radius 3 is 2.44 bits per heavy atom. The van der Waals surface area contributed by atoms with Crippen molar-refractivity contribution < 1.29 is 9.53 Å². The lowest BCUT2D eigenvalue weighted by molar-refractivity contribution is -0.125. The predicted molar refractivity (Wildman–Crippen MR) is 101 cm³/mol. The van der Waals surface area contributed by atoms with Gasteiger partial charge in [0.2, 0.25) is 5.91 Å². The highest BCUT2D eigenvalue weighted by molar-refractivity contribution is 5.80. The maximum absolute atomic E-state index is 12.1. The molecule has 0 aromatic heterocycles. The molecule has 138 valence electrons. The zero-order valence-corrected chi connectivity index (χ0v) is 15.1. The van der Waals surface area contributed by atoms with Crippen molar-refractivity contribution in [2.24, 2.45) is 10.9 Å². The van der Waals surface area contributed by atoms with Gasteiger partial charge in [-0.1, -0.05) is 37.5 Å². The number of guanidine groups is 1. The summed E-state index contributed by atoms with van der Waals surface area (Å²) in [7, 11) is 1.73. The van der Waals surface area contributed by atoms with Gasteiger partial charge in [-0.3, -0.25) is 9.79 Å². The van der Waals surface area contributed by atoms with Crippen LogP contribution >= 0.6 is 0 Å². The van der Waals surface area contributed by atoms with E-state index in [9.17, 15) is 4.79 Å². The number of nitrogens with zero attached hydrogens (tertiary/aromatic N) is 1. The molecule has 2 rings (SSSR count). The van der Waals surface area contributed by atoms with Crippen molar-refractivity contribution in [2.75, 3.05) is 33.3 Å². The maximum Gasteiger partial charge on any atom is 0.223 e. The van der Waals surface area contributed by atoms with Gasteiger partial charge in [-0.25, -0.2) is 0 Å². The molecule has 1 saturated carbocycles. The van der Waals surface area contributed by atoms with E-state index >= 15 is 0 Å². The van der Waals surface area contributed by atoms with Crippen LogP contribution in [-0.4, -0.2) is 45.2 Å². The largest absolute Gasteiger partial charge is 0.492 e. The van der Waals surface area contributed by atoms with Gasteiger partial charge in [0.25, 0.3) is 0 Å². The highest BCUT2D eigenvalue weighted by Crippen LogP contribution is 2.23. The van der Waals surface area contributed by atoms with Gasteiger partial charge in [0.05, 0.1) is 6.54 Å². The number of hydrogen-bond donors (Lipinski definition) is 3. The number of rotatable bonds is 8. The van der Waals surface area contributed by atoms with Crippen LogP contribution < -0.4 is 20.7 Å². The predicted octanol–water partition coefficient (Wildman–Crippen LogP) is 1.93. The standard InChI is InChI=1S/C19H30N4O2/c1-20-19(23-14-15-25-17-10-6-3-7-11-17)22-13-12-21-18(24)16-8-4-2-5-9-16/h3,6-7,10-11,16H,2,4-5,8-9,12-15H2,1H3,(H,21,24)(H2,20,22,23). The lowest BCUT2D eigenvalue weighted by atomic mass is 9.89. The summed E-state index contributed by atoms with van der Waals surface area (Å²) in [6.45, 7) is 2.47. The van der Waals surface area contributed by atoms with Gasteiger partial charge in [0.15, 0.2) is 5.96 Å². The van der Waals surface area contributed by atoms with E-state index in [4.69, 9.17) is 4.74 Å². The quantitative estimate of drug-likeness (QED) is 0.382.